The van der Waals surface area contributed by atoms with E-state index < -0.39 is 0 Å². The normalized spacial score (nSPS) is 11.9. The van der Waals surface area contributed by atoms with Crippen molar-refractivity contribution < 1.29 is 4.74 Å². The van der Waals surface area contributed by atoms with Crippen molar-refractivity contribution in [3.63, 3.8) is 0 Å². The Kier molecular flexibility index (Phi) is 4.06. The van der Waals surface area contributed by atoms with E-state index in [0.717, 1.165) is 5.56 Å². The van der Waals surface area contributed by atoms with Gasteiger partial charge in [0.2, 0.25) is 5.88 Å². The third-order valence-electron chi connectivity index (χ3n) is 2.74. The molecule has 0 aliphatic rings. The third kappa shape index (κ3) is 3.06. The Labute approximate surface area is 116 Å². The molecule has 0 radical (unpaired) electrons. The molecule has 5 nitrogen and oxygen atoms in total. The van der Waals surface area contributed by atoms with Gasteiger partial charge in [-0.2, -0.15) is 4.98 Å². The molecule has 0 bridgehead atoms. The van der Waals surface area contributed by atoms with Crippen LogP contribution in [-0.4, -0.2) is 17.1 Å². The highest BCUT2D eigenvalue weighted by Crippen LogP contribution is 2.28. The van der Waals surface area contributed by atoms with E-state index >= 15 is 0 Å². The summed E-state index contributed by atoms with van der Waals surface area (Å²) in [5, 5.41) is 3.91. The summed E-state index contributed by atoms with van der Waals surface area (Å²) >= 11 is 5.97. The number of aromatic nitrogens is 2. The summed E-state index contributed by atoms with van der Waals surface area (Å²) in [6.07, 6.45) is 1.40. The van der Waals surface area contributed by atoms with Crippen LogP contribution in [0.15, 0.2) is 30.6 Å². The lowest BCUT2D eigenvalue weighted by Crippen LogP contribution is -2.11. The van der Waals surface area contributed by atoms with Gasteiger partial charge in [-0.05, 0) is 24.6 Å². The lowest BCUT2D eigenvalue weighted by atomic mass is 10.1. The first-order valence-electron chi connectivity index (χ1n) is 5.78. The number of nitrogens with two attached hydrogens (primary N) is 1. The number of methoxy groups -OCH3 is 1. The summed E-state index contributed by atoms with van der Waals surface area (Å²) in [5.74, 6) is 0.898. The molecule has 1 aromatic heterocycles. The summed E-state index contributed by atoms with van der Waals surface area (Å²) < 4.78 is 5.05. The minimum Gasteiger partial charge on any atom is -0.479 e. The van der Waals surface area contributed by atoms with Crippen molar-refractivity contribution >= 4 is 23.1 Å². The molecule has 0 fully saturated rings. The number of nitrogen functional groups attached to an aromatic ring is 1. The van der Waals surface area contributed by atoms with Crippen molar-refractivity contribution in [1.82, 2.24) is 9.97 Å². The van der Waals surface area contributed by atoms with E-state index in [1.54, 1.807) is 0 Å². The lowest BCUT2D eigenvalue weighted by Gasteiger charge is -2.17. The number of hydrogen-bond acceptors (Lipinski definition) is 5. The molecular formula is C13H15ClN4O. The smallest absolute Gasteiger partial charge is 0.242 e. The van der Waals surface area contributed by atoms with Gasteiger partial charge in [-0.3, -0.25) is 0 Å². The van der Waals surface area contributed by atoms with Crippen LogP contribution in [0.3, 0.4) is 0 Å². The van der Waals surface area contributed by atoms with Gasteiger partial charge in [0.25, 0.3) is 0 Å². The second kappa shape index (κ2) is 5.75. The van der Waals surface area contributed by atoms with Gasteiger partial charge in [-0.15, -0.1) is 0 Å². The van der Waals surface area contributed by atoms with Crippen LogP contribution in [-0.2, 0) is 0 Å². The van der Waals surface area contributed by atoms with E-state index in [-0.39, 0.29) is 6.04 Å². The van der Waals surface area contributed by atoms with Crippen molar-refractivity contribution in [2.24, 2.45) is 0 Å². The Morgan fingerprint density at radius 3 is 2.84 bits per heavy atom. The van der Waals surface area contributed by atoms with E-state index in [1.807, 2.05) is 31.2 Å². The zero-order chi connectivity index (χ0) is 13.8. The summed E-state index contributed by atoms with van der Waals surface area (Å²) in [7, 11) is 1.52. The van der Waals surface area contributed by atoms with Crippen molar-refractivity contribution in [3.05, 3.63) is 41.2 Å². The fraction of sp³-hybridized carbons (Fsp3) is 0.231. The summed E-state index contributed by atoms with van der Waals surface area (Å²) in [6.45, 7) is 2.00. The van der Waals surface area contributed by atoms with Gasteiger partial charge < -0.3 is 15.8 Å². The van der Waals surface area contributed by atoms with Gasteiger partial charge in [-0.25, -0.2) is 4.98 Å². The number of anilines is 2. The number of halogens is 1. The Hall–Kier alpha value is -2.01. The van der Waals surface area contributed by atoms with Gasteiger partial charge >= 0.3 is 0 Å². The number of nitrogens with zero attached hydrogens (tertiary/aromatic N) is 2. The second-order valence-corrected chi connectivity index (χ2v) is 4.50. The fourth-order valence-electron chi connectivity index (χ4n) is 1.72. The van der Waals surface area contributed by atoms with Crippen LogP contribution >= 0.6 is 11.6 Å². The maximum absolute atomic E-state index is 5.97. The van der Waals surface area contributed by atoms with Crippen molar-refractivity contribution in [2.75, 3.05) is 18.2 Å². The van der Waals surface area contributed by atoms with Crippen LogP contribution < -0.4 is 15.8 Å². The van der Waals surface area contributed by atoms with E-state index in [1.165, 1.54) is 13.4 Å². The zero-order valence-electron chi connectivity index (χ0n) is 10.7. The first-order chi connectivity index (χ1) is 9.11. The number of nitrogens with one attached hydrogen (secondary N) is 1. The Morgan fingerprint density at radius 2 is 2.16 bits per heavy atom. The van der Waals surface area contributed by atoms with Crippen LogP contribution in [0.25, 0.3) is 0 Å². The number of ether oxygens (including phenoxy) is 1. The average Bonchev–Trinajstić information content (AvgIpc) is 2.41. The zero-order valence-corrected chi connectivity index (χ0v) is 11.5. The average molecular weight is 279 g/mol. The molecule has 1 unspecified atom stereocenters. The van der Waals surface area contributed by atoms with Crippen molar-refractivity contribution in [3.8, 4) is 5.88 Å². The van der Waals surface area contributed by atoms with Crippen molar-refractivity contribution in [2.45, 2.75) is 13.0 Å². The molecule has 0 saturated carbocycles. The number of rotatable bonds is 4. The van der Waals surface area contributed by atoms with Gasteiger partial charge in [0.1, 0.15) is 12.0 Å². The predicted octanol–water partition coefficient (Wildman–Crippen LogP) is 2.89. The van der Waals surface area contributed by atoms with Gasteiger partial charge in [0.05, 0.1) is 13.2 Å². The first kappa shape index (κ1) is 13.4. The van der Waals surface area contributed by atoms with Gasteiger partial charge in [-0.1, -0.05) is 23.7 Å². The summed E-state index contributed by atoms with van der Waals surface area (Å²) in [4.78, 5) is 8.05. The first-order valence-corrected chi connectivity index (χ1v) is 6.16. The highest BCUT2D eigenvalue weighted by molar-refractivity contribution is 6.30. The van der Waals surface area contributed by atoms with E-state index in [0.29, 0.717) is 22.4 Å². The highest BCUT2D eigenvalue weighted by Gasteiger charge is 2.12. The molecule has 100 valence electrons. The Bertz CT molecular complexity index is 576. The number of benzene rings is 1. The van der Waals surface area contributed by atoms with Gasteiger partial charge in [0, 0.05) is 5.02 Å². The minimum absolute atomic E-state index is 0.0145. The van der Waals surface area contributed by atoms with E-state index in [2.05, 4.69) is 15.3 Å². The van der Waals surface area contributed by atoms with E-state index in [9.17, 15) is 0 Å². The number of hydrogen-bond donors (Lipinski definition) is 2. The quantitative estimate of drug-likeness (QED) is 0.900. The Balaban J connectivity index is 2.21. The maximum atomic E-state index is 5.97. The van der Waals surface area contributed by atoms with Crippen LogP contribution in [0.1, 0.15) is 18.5 Å². The Morgan fingerprint density at radius 1 is 1.37 bits per heavy atom. The molecule has 3 N–H and O–H groups in total. The molecule has 1 atom stereocenters. The molecule has 0 aliphatic carbocycles. The van der Waals surface area contributed by atoms with E-state index in [4.69, 9.17) is 22.1 Å². The monoisotopic (exact) mass is 278 g/mol. The lowest BCUT2D eigenvalue weighted by molar-refractivity contribution is 0.399. The molecule has 0 spiro atoms. The van der Waals surface area contributed by atoms with Crippen LogP contribution in [0.5, 0.6) is 5.88 Å². The SMILES string of the molecule is COc1ncnc(NC(C)c2cccc(Cl)c2)c1N. The predicted molar refractivity (Wildman–Crippen MR) is 76.5 cm³/mol. The molecule has 2 aromatic rings. The summed E-state index contributed by atoms with van der Waals surface area (Å²) in [6, 6.07) is 7.63. The molecule has 19 heavy (non-hydrogen) atoms. The minimum atomic E-state index is 0.0145. The molecular weight excluding hydrogens is 264 g/mol. The molecule has 0 saturated heterocycles. The topological polar surface area (TPSA) is 73.1 Å². The van der Waals surface area contributed by atoms with Gasteiger partial charge in [0.15, 0.2) is 5.82 Å². The fourth-order valence-corrected chi connectivity index (χ4v) is 1.92. The molecule has 6 heteroatoms. The van der Waals surface area contributed by atoms with Crippen molar-refractivity contribution in [1.29, 1.82) is 0 Å². The maximum Gasteiger partial charge on any atom is 0.242 e. The molecule has 2 rings (SSSR count). The van der Waals surface area contributed by atoms with Crippen LogP contribution in [0, 0.1) is 0 Å². The van der Waals surface area contributed by atoms with Crippen LogP contribution in [0.2, 0.25) is 5.02 Å². The van der Waals surface area contributed by atoms with Crippen LogP contribution in [0.4, 0.5) is 11.5 Å². The summed E-state index contributed by atoms with van der Waals surface area (Å²) in [5.41, 5.74) is 7.35. The molecule has 0 amide bonds. The second-order valence-electron chi connectivity index (χ2n) is 4.07. The third-order valence-corrected chi connectivity index (χ3v) is 2.98. The molecule has 0 aliphatic heterocycles. The highest BCUT2D eigenvalue weighted by atomic mass is 35.5. The molecule has 1 heterocycles. The largest absolute Gasteiger partial charge is 0.479 e. The molecule has 1 aromatic carbocycles. The standard InChI is InChI=1S/C13H15ClN4O/c1-8(9-4-3-5-10(14)6-9)18-12-11(15)13(19-2)17-7-16-12/h3-8H,15H2,1-2H3,(H,16,17,18).